The average Bonchev–Trinajstić information content (AvgIpc) is 2.32. The number of amides is 1. The molecule has 7 heteroatoms. The van der Waals surface area contributed by atoms with Crippen molar-refractivity contribution >= 4 is 19.9 Å². The lowest BCUT2D eigenvalue weighted by Crippen LogP contribution is -2.36. The summed E-state index contributed by atoms with van der Waals surface area (Å²) < 4.78 is 37.2. The minimum absolute atomic E-state index is 0.177. The second kappa shape index (κ2) is 7.08. The van der Waals surface area contributed by atoms with Crippen LogP contribution < -0.4 is 4.90 Å². The van der Waals surface area contributed by atoms with Crippen molar-refractivity contribution < 1.29 is 22.8 Å². The smallest absolute Gasteiger partial charge is 0.397 e. The van der Waals surface area contributed by atoms with Crippen LogP contribution in [0.3, 0.4) is 0 Å². The molecule has 21 heavy (non-hydrogen) atoms. The summed E-state index contributed by atoms with van der Waals surface area (Å²) in [7, 11) is -2.27. The van der Waals surface area contributed by atoms with Crippen molar-refractivity contribution in [3.8, 4) is 0 Å². The molecule has 0 aliphatic rings. The number of halogens is 3. The number of rotatable bonds is 6. The zero-order valence-corrected chi connectivity index (χ0v) is 13.2. The highest BCUT2D eigenvalue weighted by atomic mass is 28.4. The van der Waals surface area contributed by atoms with Gasteiger partial charge in [-0.2, -0.15) is 13.2 Å². The van der Waals surface area contributed by atoms with Gasteiger partial charge in [-0.1, -0.05) is 18.2 Å². The summed E-state index contributed by atoms with van der Waals surface area (Å²) in [5.41, 5.74) is 0.448. The molecule has 1 amide bonds. The molecular formula is C14H20F3NO2Si. The molecule has 0 heterocycles. The molecule has 0 unspecified atom stereocenters. The largest absolute Gasteiger partial charge is 0.432 e. The average molecular weight is 319 g/mol. The molecule has 0 aliphatic heterocycles. The predicted octanol–water partition coefficient (Wildman–Crippen LogP) is 3.56. The third kappa shape index (κ3) is 7.28. The van der Waals surface area contributed by atoms with Crippen LogP contribution in [0.2, 0.25) is 19.1 Å². The topological polar surface area (TPSA) is 40.5 Å². The van der Waals surface area contributed by atoms with Crippen molar-refractivity contribution in [3.63, 3.8) is 0 Å². The third-order valence-electron chi connectivity index (χ3n) is 2.89. The molecule has 0 bridgehead atoms. The summed E-state index contributed by atoms with van der Waals surface area (Å²) in [6.07, 6.45) is -5.51. The van der Waals surface area contributed by atoms with Crippen molar-refractivity contribution in [1.82, 2.24) is 0 Å². The van der Waals surface area contributed by atoms with E-state index in [4.69, 9.17) is 0 Å². The molecule has 1 aromatic rings. The minimum atomic E-state index is -4.52. The van der Waals surface area contributed by atoms with Gasteiger partial charge in [-0.15, -0.1) is 0 Å². The van der Waals surface area contributed by atoms with E-state index in [2.05, 4.69) is 0 Å². The van der Waals surface area contributed by atoms with Gasteiger partial charge in [0, 0.05) is 12.2 Å². The second-order valence-electron chi connectivity index (χ2n) is 5.59. The van der Waals surface area contributed by atoms with Crippen LogP contribution in [0.4, 0.5) is 18.9 Å². The molecule has 1 aromatic carbocycles. The SMILES string of the molecule is C[Si](C)(O)CCCN(C(=O)CC(F)(F)F)c1ccccc1. The maximum absolute atomic E-state index is 12.4. The molecule has 0 aliphatic carbocycles. The minimum Gasteiger partial charge on any atom is -0.432 e. The molecule has 3 nitrogen and oxygen atoms in total. The number of carbonyl (C=O) groups excluding carboxylic acids is 1. The maximum atomic E-state index is 12.4. The number of alkyl halides is 3. The molecule has 1 N–H and O–H groups in total. The van der Waals surface area contributed by atoms with E-state index < -0.39 is 26.8 Å². The van der Waals surface area contributed by atoms with Gasteiger partial charge in [0.25, 0.3) is 0 Å². The fourth-order valence-electron chi connectivity index (χ4n) is 1.94. The van der Waals surface area contributed by atoms with Gasteiger partial charge in [0.2, 0.25) is 5.91 Å². The van der Waals surface area contributed by atoms with Gasteiger partial charge in [-0.05, 0) is 37.7 Å². The van der Waals surface area contributed by atoms with E-state index >= 15 is 0 Å². The summed E-state index contributed by atoms with van der Waals surface area (Å²) in [4.78, 5) is 22.8. The molecular weight excluding hydrogens is 299 g/mol. The van der Waals surface area contributed by atoms with Gasteiger partial charge in [0.05, 0.1) is 0 Å². The first-order valence-corrected chi connectivity index (χ1v) is 9.88. The van der Waals surface area contributed by atoms with Gasteiger partial charge in [0.1, 0.15) is 6.42 Å². The number of hydrogen-bond donors (Lipinski definition) is 1. The quantitative estimate of drug-likeness (QED) is 0.815. The molecule has 0 saturated heterocycles. The maximum Gasteiger partial charge on any atom is 0.397 e. The zero-order chi connectivity index (χ0) is 16.1. The van der Waals surface area contributed by atoms with Crippen LogP contribution in [0.25, 0.3) is 0 Å². The molecule has 0 aromatic heterocycles. The first kappa shape index (κ1) is 17.7. The highest BCUT2D eigenvalue weighted by Gasteiger charge is 2.34. The number of carbonyl (C=O) groups is 1. The van der Waals surface area contributed by atoms with Crippen molar-refractivity contribution in [2.75, 3.05) is 11.4 Å². The Balaban J connectivity index is 2.78. The standard InChI is InChI=1S/C14H20F3NO2Si/c1-21(2,20)10-6-9-18(12-7-4-3-5-8-12)13(19)11-14(15,16)17/h3-5,7-8,20H,6,9-11H2,1-2H3. The van der Waals surface area contributed by atoms with Crippen molar-refractivity contribution in [2.45, 2.75) is 38.2 Å². The molecule has 118 valence electrons. The Morgan fingerprint density at radius 3 is 2.29 bits per heavy atom. The van der Waals surface area contributed by atoms with E-state index in [-0.39, 0.29) is 6.54 Å². The number of hydrogen-bond acceptors (Lipinski definition) is 2. The highest BCUT2D eigenvalue weighted by molar-refractivity contribution is 6.69. The Morgan fingerprint density at radius 1 is 1.24 bits per heavy atom. The van der Waals surface area contributed by atoms with E-state index in [0.29, 0.717) is 18.2 Å². The Labute approximate surface area is 123 Å². The van der Waals surface area contributed by atoms with Crippen LogP contribution in [-0.2, 0) is 4.79 Å². The predicted molar refractivity (Wildman–Crippen MR) is 78.6 cm³/mol. The number of anilines is 1. The summed E-state index contributed by atoms with van der Waals surface area (Å²) in [5.74, 6) is -0.967. The molecule has 0 radical (unpaired) electrons. The summed E-state index contributed by atoms with van der Waals surface area (Å²) >= 11 is 0. The van der Waals surface area contributed by atoms with Crippen LogP contribution in [-0.4, -0.2) is 31.7 Å². The van der Waals surface area contributed by atoms with Crippen LogP contribution in [0, 0.1) is 0 Å². The molecule has 0 spiro atoms. The van der Waals surface area contributed by atoms with Crippen LogP contribution >= 0.6 is 0 Å². The van der Waals surface area contributed by atoms with Crippen LogP contribution in [0.1, 0.15) is 12.8 Å². The van der Waals surface area contributed by atoms with Crippen molar-refractivity contribution in [2.24, 2.45) is 0 Å². The summed E-state index contributed by atoms with van der Waals surface area (Å²) in [6.45, 7) is 3.70. The van der Waals surface area contributed by atoms with Crippen LogP contribution in [0.15, 0.2) is 30.3 Å². The van der Waals surface area contributed by atoms with Gasteiger partial charge in [0.15, 0.2) is 8.32 Å². The van der Waals surface area contributed by atoms with Gasteiger partial charge >= 0.3 is 6.18 Å². The van der Waals surface area contributed by atoms with E-state index in [1.807, 2.05) is 0 Å². The second-order valence-corrected chi connectivity index (χ2v) is 9.71. The van der Waals surface area contributed by atoms with Crippen LogP contribution in [0.5, 0.6) is 0 Å². The normalized spacial score (nSPS) is 12.3. The molecule has 0 saturated carbocycles. The monoisotopic (exact) mass is 319 g/mol. The highest BCUT2D eigenvalue weighted by Crippen LogP contribution is 2.24. The van der Waals surface area contributed by atoms with E-state index in [1.165, 1.54) is 0 Å². The third-order valence-corrected chi connectivity index (χ3v) is 4.47. The molecule has 0 atom stereocenters. The molecule has 0 fully saturated rings. The van der Waals surface area contributed by atoms with Gasteiger partial charge < -0.3 is 9.70 Å². The number of para-hydroxylation sites is 1. The zero-order valence-electron chi connectivity index (χ0n) is 12.2. The van der Waals surface area contributed by atoms with Crippen molar-refractivity contribution in [3.05, 3.63) is 30.3 Å². The summed E-state index contributed by atoms with van der Waals surface area (Å²) in [6, 6.07) is 8.84. The Morgan fingerprint density at radius 2 is 1.81 bits per heavy atom. The first-order chi connectivity index (χ1) is 9.58. The number of nitrogens with zero attached hydrogens (tertiary/aromatic N) is 1. The Kier molecular flexibility index (Phi) is 5.97. The van der Waals surface area contributed by atoms with Gasteiger partial charge in [-0.3, -0.25) is 4.79 Å². The molecule has 1 rings (SSSR count). The van der Waals surface area contributed by atoms with E-state index in [9.17, 15) is 22.8 Å². The lowest BCUT2D eigenvalue weighted by molar-refractivity contribution is -0.151. The van der Waals surface area contributed by atoms with E-state index in [1.54, 1.807) is 43.4 Å². The Bertz CT molecular complexity index is 458. The first-order valence-electron chi connectivity index (χ1n) is 6.73. The number of benzene rings is 1. The summed E-state index contributed by atoms with van der Waals surface area (Å²) in [5, 5.41) is 0. The van der Waals surface area contributed by atoms with Crippen molar-refractivity contribution in [1.29, 1.82) is 0 Å². The van der Waals surface area contributed by atoms with E-state index in [0.717, 1.165) is 4.90 Å². The lowest BCUT2D eigenvalue weighted by Gasteiger charge is -2.24. The van der Waals surface area contributed by atoms with Gasteiger partial charge in [-0.25, -0.2) is 0 Å². The lowest BCUT2D eigenvalue weighted by atomic mass is 10.2. The fraction of sp³-hybridized carbons (Fsp3) is 0.500. The Hall–Kier alpha value is -1.34. The fourth-order valence-corrected chi connectivity index (χ4v) is 2.97.